The highest BCUT2D eigenvalue weighted by molar-refractivity contribution is 6.33. The number of nitrogens with zero attached hydrogens (tertiary/aromatic N) is 2. The van der Waals surface area contributed by atoms with E-state index in [4.69, 9.17) is 0 Å². The molecule has 220 valence electrons. The zero-order valence-corrected chi connectivity index (χ0v) is 24.5. The SMILES string of the molecule is O=C1c2ccc3c4c(ccc(c24)C(=O)N1C(c1ccccc1)c1ccccc1)C(=O)N(C(c1ccccc1)c1ccccc1)C3=O. The molecular weight excluding hydrogens is 572 g/mol. The number of carbonyl (C=O) groups is 4. The minimum absolute atomic E-state index is 0.281. The van der Waals surface area contributed by atoms with Crippen LogP contribution in [0.1, 0.15) is 75.8 Å². The second-order valence-corrected chi connectivity index (χ2v) is 11.5. The number of rotatable bonds is 6. The Labute approximate surface area is 265 Å². The fourth-order valence-corrected chi connectivity index (χ4v) is 6.90. The van der Waals surface area contributed by atoms with E-state index in [0.717, 1.165) is 22.3 Å². The van der Waals surface area contributed by atoms with Crippen molar-refractivity contribution in [2.24, 2.45) is 0 Å². The van der Waals surface area contributed by atoms with E-state index in [-0.39, 0.29) is 22.3 Å². The molecule has 2 heterocycles. The first-order chi connectivity index (χ1) is 22.5. The molecule has 46 heavy (non-hydrogen) atoms. The Morgan fingerprint density at radius 2 is 0.522 bits per heavy atom. The molecule has 0 atom stereocenters. The van der Waals surface area contributed by atoms with E-state index in [1.165, 1.54) is 9.80 Å². The van der Waals surface area contributed by atoms with Crippen LogP contribution in [-0.2, 0) is 0 Å². The molecule has 8 rings (SSSR count). The van der Waals surface area contributed by atoms with Gasteiger partial charge in [0, 0.05) is 33.0 Å². The van der Waals surface area contributed by atoms with Crippen LogP contribution < -0.4 is 0 Å². The summed E-state index contributed by atoms with van der Waals surface area (Å²) >= 11 is 0. The van der Waals surface area contributed by atoms with Gasteiger partial charge in [-0.25, -0.2) is 0 Å². The highest BCUT2D eigenvalue weighted by Gasteiger charge is 2.44. The van der Waals surface area contributed by atoms with Gasteiger partial charge in [0.25, 0.3) is 23.6 Å². The average Bonchev–Trinajstić information content (AvgIpc) is 3.11. The van der Waals surface area contributed by atoms with Crippen LogP contribution in [0.4, 0.5) is 0 Å². The number of amides is 4. The summed E-state index contributed by atoms with van der Waals surface area (Å²) < 4.78 is 0. The van der Waals surface area contributed by atoms with E-state index in [9.17, 15) is 19.2 Å². The van der Waals surface area contributed by atoms with Gasteiger partial charge in [0.15, 0.2) is 0 Å². The van der Waals surface area contributed by atoms with Crippen molar-refractivity contribution in [1.82, 2.24) is 9.80 Å². The number of imide groups is 2. The molecule has 0 saturated carbocycles. The van der Waals surface area contributed by atoms with Gasteiger partial charge in [-0.2, -0.15) is 0 Å². The van der Waals surface area contributed by atoms with Crippen LogP contribution in [0.2, 0.25) is 0 Å². The molecule has 2 aliphatic rings. The normalized spacial score (nSPS) is 14.1. The molecule has 6 aromatic rings. The van der Waals surface area contributed by atoms with Crippen molar-refractivity contribution in [2.75, 3.05) is 0 Å². The summed E-state index contributed by atoms with van der Waals surface area (Å²) in [5, 5.41) is 0.692. The van der Waals surface area contributed by atoms with E-state index >= 15 is 0 Å². The fraction of sp³-hybridized carbons (Fsp3) is 0.0500. The number of hydrogen-bond acceptors (Lipinski definition) is 4. The second kappa shape index (κ2) is 10.8. The third-order valence-electron chi connectivity index (χ3n) is 8.94. The van der Waals surface area contributed by atoms with Crippen LogP contribution in [0.15, 0.2) is 146 Å². The summed E-state index contributed by atoms with van der Waals surface area (Å²) in [6, 6.07) is 42.9. The summed E-state index contributed by atoms with van der Waals surface area (Å²) in [5.74, 6) is -1.92. The quantitative estimate of drug-likeness (QED) is 0.185. The zero-order valence-electron chi connectivity index (χ0n) is 24.5. The standard InChI is InChI=1S/C40H26N2O4/c43-37-29-21-23-31-34-32(40(46)42(39(31)45)36(27-17-9-3-10-18-27)28-19-11-4-12-20-28)24-22-30(33(29)34)38(44)41(37)35(25-13-5-1-6-14-25)26-15-7-2-8-16-26/h1-24,35-36H. The second-order valence-electron chi connectivity index (χ2n) is 11.5. The summed E-state index contributed by atoms with van der Waals surface area (Å²) in [7, 11) is 0. The Kier molecular flexibility index (Phi) is 6.43. The smallest absolute Gasteiger partial charge is 0.262 e. The maximum atomic E-state index is 14.4. The van der Waals surface area contributed by atoms with Gasteiger partial charge in [0.05, 0.1) is 12.1 Å². The van der Waals surface area contributed by atoms with Crippen molar-refractivity contribution in [1.29, 1.82) is 0 Å². The lowest BCUT2D eigenvalue weighted by molar-refractivity contribution is 0.0542. The molecule has 0 saturated heterocycles. The molecule has 0 spiro atoms. The molecular formula is C40H26N2O4. The van der Waals surface area contributed by atoms with Crippen LogP contribution in [0.3, 0.4) is 0 Å². The van der Waals surface area contributed by atoms with Crippen molar-refractivity contribution in [3.05, 3.63) is 190 Å². The zero-order chi connectivity index (χ0) is 31.4. The lowest BCUT2D eigenvalue weighted by Gasteiger charge is -2.37. The van der Waals surface area contributed by atoms with Gasteiger partial charge in [-0.15, -0.1) is 0 Å². The minimum Gasteiger partial charge on any atom is -0.269 e. The van der Waals surface area contributed by atoms with Gasteiger partial charge in [-0.1, -0.05) is 121 Å². The van der Waals surface area contributed by atoms with E-state index in [1.54, 1.807) is 24.3 Å². The Morgan fingerprint density at radius 3 is 0.739 bits per heavy atom. The maximum absolute atomic E-state index is 14.4. The van der Waals surface area contributed by atoms with Gasteiger partial charge in [-0.3, -0.25) is 29.0 Å². The highest BCUT2D eigenvalue weighted by atomic mass is 16.2. The largest absolute Gasteiger partial charge is 0.269 e. The lowest BCUT2D eigenvalue weighted by atomic mass is 9.83. The molecule has 0 N–H and O–H groups in total. The van der Waals surface area contributed by atoms with Crippen LogP contribution in [-0.4, -0.2) is 33.4 Å². The molecule has 6 aromatic carbocycles. The summed E-state index contributed by atoms with van der Waals surface area (Å²) in [4.78, 5) is 60.0. The molecule has 6 nitrogen and oxygen atoms in total. The van der Waals surface area contributed by atoms with Gasteiger partial charge >= 0.3 is 0 Å². The Balaban J connectivity index is 1.29. The topological polar surface area (TPSA) is 74.8 Å². The summed E-state index contributed by atoms with van der Waals surface area (Å²) in [6.45, 7) is 0. The third kappa shape index (κ3) is 4.11. The Morgan fingerprint density at radius 1 is 0.304 bits per heavy atom. The van der Waals surface area contributed by atoms with Crippen molar-refractivity contribution >= 4 is 34.4 Å². The van der Waals surface area contributed by atoms with Gasteiger partial charge < -0.3 is 0 Å². The molecule has 0 radical (unpaired) electrons. The Bertz CT molecular complexity index is 1870. The van der Waals surface area contributed by atoms with E-state index in [2.05, 4.69) is 0 Å². The monoisotopic (exact) mass is 598 g/mol. The average molecular weight is 599 g/mol. The molecule has 0 unspecified atom stereocenters. The van der Waals surface area contributed by atoms with Gasteiger partial charge in [0.1, 0.15) is 0 Å². The van der Waals surface area contributed by atoms with Crippen molar-refractivity contribution < 1.29 is 19.2 Å². The molecule has 0 aliphatic carbocycles. The van der Waals surface area contributed by atoms with Gasteiger partial charge in [0.2, 0.25) is 0 Å². The first kappa shape index (κ1) is 27.4. The molecule has 2 aliphatic heterocycles. The molecule has 0 aromatic heterocycles. The van der Waals surface area contributed by atoms with E-state index in [1.807, 2.05) is 121 Å². The number of carbonyl (C=O) groups excluding carboxylic acids is 4. The van der Waals surface area contributed by atoms with E-state index < -0.39 is 35.7 Å². The predicted octanol–water partition coefficient (Wildman–Crippen LogP) is 7.61. The van der Waals surface area contributed by atoms with Crippen molar-refractivity contribution in [3.8, 4) is 0 Å². The van der Waals surface area contributed by atoms with Crippen LogP contribution in [0.5, 0.6) is 0 Å². The maximum Gasteiger partial charge on any atom is 0.262 e. The van der Waals surface area contributed by atoms with Crippen molar-refractivity contribution in [3.63, 3.8) is 0 Å². The highest BCUT2D eigenvalue weighted by Crippen LogP contribution is 2.43. The first-order valence-electron chi connectivity index (χ1n) is 15.1. The van der Waals surface area contributed by atoms with Crippen LogP contribution in [0.25, 0.3) is 10.8 Å². The Hall–Kier alpha value is -6.14. The third-order valence-corrected chi connectivity index (χ3v) is 8.94. The fourth-order valence-electron chi connectivity index (χ4n) is 6.90. The summed E-state index contributed by atoms with van der Waals surface area (Å²) in [6.07, 6.45) is 0. The predicted molar refractivity (Wildman–Crippen MR) is 174 cm³/mol. The number of benzene rings is 6. The molecule has 0 bridgehead atoms. The lowest BCUT2D eigenvalue weighted by Crippen LogP contribution is -2.45. The van der Waals surface area contributed by atoms with Gasteiger partial charge in [-0.05, 0) is 46.5 Å². The minimum atomic E-state index is -0.672. The van der Waals surface area contributed by atoms with Crippen LogP contribution >= 0.6 is 0 Å². The van der Waals surface area contributed by atoms with E-state index in [0.29, 0.717) is 10.8 Å². The molecule has 4 amide bonds. The summed E-state index contributed by atoms with van der Waals surface area (Å²) in [5.41, 5.74) is 4.29. The van der Waals surface area contributed by atoms with Crippen LogP contribution in [0, 0.1) is 0 Å². The molecule has 6 heteroatoms. The first-order valence-corrected chi connectivity index (χ1v) is 15.1. The number of hydrogen-bond donors (Lipinski definition) is 0. The molecule has 0 fully saturated rings. The van der Waals surface area contributed by atoms with Crippen molar-refractivity contribution in [2.45, 2.75) is 12.1 Å².